The van der Waals surface area contributed by atoms with Crippen molar-refractivity contribution < 1.29 is 0 Å². The first kappa shape index (κ1) is 14.7. The van der Waals surface area contributed by atoms with E-state index in [2.05, 4.69) is 50.2 Å². The van der Waals surface area contributed by atoms with Crippen LogP contribution in [0, 0.1) is 12.8 Å². The van der Waals surface area contributed by atoms with Crippen LogP contribution in [0.2, 0.25) is 0 Å². The van der Waals surface area contributed by atoms with Crippen LogP contribution in [0.3, 0.4) is 0 Å². The van der Waals surface area contributed by atoms with E-state index < -0.39 is 0 Å². The van der Waals surface area contributed by atoms with Gasteiger partial charge >= 0.3 is 0 Å². The van der Waals surface area contributed by atoms with Gasteiger partial charge in [0, 0.05) is 35.9 Å². The van der Waals surface area contributed by atoms with Crippen molar-refractivity contribution in [2.45, 2.75) is 33.7 Å². The van der Waals surface area contributed by atoms with Crippen molar-refractivity contribution in [1.29, 1.82) is 0 Å². The van der Waals surface area contributed by atoms with Crippen LogP contribution in [-0.4, -0.2) is 31.6 Å². The van der Waals surface area contributed by atoms with Crippen molar-refractivity contribution in [3.63, 3.8) is 0 Å². The summed E-state index contributed by atoms with van der Waals surface area (Å²) in [6, 6.07) is 4.41. The largest absolute Gasteiger partial charge is 0.311 e. The fourth-order valence-electron chi connectivity index (χ4n) is 1.81. The zero-order valence-corrected chi connectivity index (χ0v) is 12.4. The maximum atomic E-state index is 3.51. The first-order chi connectivity index (χ1) is 8.11. The number of thiophene rings is 1. The molecule has 17 heavy (non-hydrogen) atoms. The minimum absolute atomic E-state index is 0.806. The molecule has 1 aromatic rings. The minimum Gasteiger partial charge on any atom is -0.311 e. The molecule has 1 unspecified atom stereocenters. The van der Waals surface area contributed by atoms with Crippen LogP contribution < -0.4 is 5.32 Å². The molecule has 1 heterocycles. The highest BCUT2D eigenvalue weighted by Gasteiger charge is 2.03. The molecule has 1 atom stereocenters. The van der Waals surface area contributed by atoms with Crippen molar-refractivity contribution in [1.82, 2.24) is 10.2 Å². The van der Waals surface area contributed by atoms with E-state index in [0.29, 0.717) is 0 Å². The summed E-state index contributed by atoms with van der Waals surface area (Å²) >= 11 is 1.88. The van der Waals surface area contributed by atoms with E-state index in [9.17, 15) is 0 Å². The Balaban J connectivity index is 2.07. The predicted octanol–water partition coefficient (Wildman–Crippen LogP) is 3.12. The lowest BCUT2D eigenvalue weighted by Gasteiger charge is -2.20. The first-order valence-corrected chi connectivity index (χ1v) is 7.38. The molecule has 0 fully saturated rings. The van der Waals surface area contributed by atoms with Gasteiger partial charge in [-0.3, -0.25) is 0 Å². The Morgan fingerprint density at radius 3 is 2.76 bits per heavy atom. The Hall–Kier alpha value is -0.380. The molecular weight excluding hydrogens is 228 g/mol. The number of hydrogen-bond donors (Lipinski definition) is 1. The van der Waals surface area contributed by atoms with Crippen LogP contribution in [0.4, 0.5) is 0 Å². The Kier molecular flexibility index (Phi) is 6.78. The Bertz CT molecular complexity index is 309. The summed E-state index contributed by atoms with van der Waals surface area (Å²) in [7, 11) is 2.21. The average molecular weight is 254 g/mol. The van der Waals surface area contributed by atoms with E-state index in [1.165, 1.54) is 22.7 Å². The fraction of sp³-hybridized carbons (Fsp3) is 0.714. The molecule has 3 heteroatoms. The molecule has 0 aliphatic carbocycles. The maximum Gasteiger partial charge on any atom is 0.0300 e. The molecule has 0 amide bonds. The van der Waals surface area contributed by atoms with Crippen LogP contribution in [-0.2, 0) is 6.54 Å². The Labute approximate surface area is 110 Å². The van der Waals surface area contributed by atoms with Crippen LogP contribution >= 0.6 is 11.3 Å². The maximum absolute atomic E-state index is 3.51. The number of rotatable bonds is 8. The predicted molar refractivity (Wildman–Crippen MR) is 77.7 cm³/mol. The molecule has 2 nitrogen and oxygen atoms in total. The summed E-state index contributed by atoms with van der Waals surface area (Å²) in [5.41, 5.74) is 0. The highest BCUT2D eigenvalue weighted by Crippen LogP contribution is 2.14. The van der Waals surface area contributed by atoms with Crippen molar-refractivity contribution in [3.8, 4) is 0 Å². The number of likely N-dealkylation sites (N-methyl/N-ethyl adjacent to an activating group) is 1. The normalized spacial score (nSPS) is 13.2. The van der Waals surface area contributed by atoms with Gasteiger partial charge in [-0.25, -0.2) is 0 Å². The van der Waals surface area contributed by atoms with Crippen molar-refractivity contribution in [2.75, 3.05) is 26.7 Å². The van der Waals surface area contributed by atoms with Crippen LogP contribution in [0.15, 0.2) is 12.1 Å². The van der Waals surface area contributed by atoms with Crippen molar-refractivity contribution in [3.05, 3.63) is 21.9 Å². The number of hydrogen-bond acceptors (Lipinski definition) is 3. The number of nitrogens with zero attached hydrogens (tertiary/aromatic N) is 1. The third-order valence-electron chi connectivity index (χ3n) is 3.09. The summed E-state index contributed by atoms with van der Waals surface area (Å²) in [4.78, 5) is 5.25. The first-order valence-electron chi connectivity index (χ1n) is 6.56. The molecule has 1 rings (SSSR count). The number of aryl methyl sites for hydroxylation is 1. The molecule has 0 saturated carbocycles. The third-order valence-corrected chi connectivity index (χ3v) is 4.09. The number of nitrogens with one attached hydrogen (secondary N) is 1. The summed E-state index contributed by atoms with van der Waals surface area (Å²) in [6.07, 6.45) is 1.27. The lowest BCUT2D eigenvalue weighted by Crippen LogP contribution is -2.31. The van der Waals surface area contributed by atoms with Gasteiger partial charge in [-0.15, -0.1) is 11.3 Å². The highest BCUT2D eigenvalue weighted by atomic mass is 32.1. The molecular formula is C14H26N2S. The monoisotopic (exact) mass is 254 g/mol. The lowest BCUT2D eigenvalue weighted by atomic mass is 10.1. The summed E-state index contributed by atoms with van der Waals surface area (Å²) in [6.45, 7) is 11.2. The van der Waals surface area contributed by atoms with Crippen LogP contribution in [0.1, 0.15) is 30.0 Å². The zero-order valence-electron chi connectivity index (χ0n) is 11.6. The molecule has 0 aliphatic heterocycles. The van der Waals surface area contributed by atoms with E-state index in [-0.39, 0.29) is 0 Å². The molecule has 0 aromatic carbocycles. The van der Waals surface area contributed by atoms with E-state index in [4.69, 9.17) is 0 Å². The Morgan fingerprint density at radius 2 is 2.18 bits per heavy atom. The van der Waals surface area contributed by atoms with Gasteiger partial charge in [-0.2, -0.15) is 0 Å². The molecule has 0 radical (unpaired) electrons. The molecule has 98 valence electrons. The molecule has 0 bridgehead atoms. The minimum atomic E-state index is 0.806. The van der Waals surface area contributed by atoms with Gasteiger partial charge in [0.25, 0.3) is 0 Å². The summed E-state index contributed by atoms with van der Waals surface area (Å²) in [5.74, 6) is 0.806. The summed E-state index contributed by atoms with van der Waals surface area (Å²) < 4.78 is 0. The topological polar surface area (TPSA) is 15.3 Å². The van der Waals surface area contributed by atoms with Crippen LogP contribution in [0.5, 0.6) is 0 Å². The quantitative estimate of drug-likeness (QED) is 0.717. The molecule has 0 spiro atoms. The molecule has 1 N–H and O–H groups in total. The van der Waals surface area contributed by atoms with E-state index in [1.807, 2.05) is 11.3 Å². The molecule has 1 aromatic heterocycles. The van der Waals surface area contributed by atoms with E-state index in [0.717, 1.165) is 25.6 Å². The van der Waals surface area contributed by atoms with Crippen molar-refractivity contribution >= 4 is 11.3 Å². The average Bonchev–Trinajstić information content (AvgIpc) is 2.70. The zero-order chi connectivity index (χ0) is 12.7. The summed E-state index contributed by atoms with van der Waals surface area (Å²) in [5, 5.41) is 3.51. The van der Waals surface area contributed by atoms with Gasteiger partial charge in [-0.05, 0) is 32.0 Å². The standard InChI is InChI=1S/C14H26N2S/c1-5-12(2)11-16(4)9-8-15-10-14-7-6-13(3)17-14/h6-7,12,15H,5,8-11H2,1-4H3. The smallest absolute Gasteiger partial charge is 0.0300 e. The fourth-order valence-corrected chi connectivity index (χ4v) is 2.67. The SMILES string of the molecule is CCC(C)CN(C)CCNCc1ccc(C)s1. The highest BCUT2D eigenvalue weighted by molar-refractivity contribution is 7.11. The molecule has 0 aliphatic rings. The Morgan fingerprint density at radius 1 is 1.41 bits per heavy atom. The molecule has 0 saturated heterocycles. The van der Waals surface area contributed by atoms with Gasteiger partial charge in [0.05, 0.1) is 0 Å². The van der Waals surface area contributed by atoms with Gasteiger partial charge in [-0.1, -0.05) is 20.3 Å². The van der Waals surface area contributed by atoms with Gasteiger partial charge in [0.15, 0.2) is 0 Å². The van der Waals surface area contributed by atoms with Crippen molar-refractivity contribution in [2.24, 2.45) is 5.92 Å². The van der Waals surface area contributed by atoms with E-state index >= 15 is 0 Å². The van der Waals surface area contributed by atoms with Gasteiger partial charge in [0.2, 0.25) is 0 Å². The van der Waals surface area contributed by atoms with Gasteiger partial charge < -0.3 is 10.2 Å². The second-order valence-corrected chi connectivity index (χ2v) is 6.34. The second kappa shape index (κ2) is 7.85. The third kappa shape index (κ3) is 6.20. The lowest BCUT2D eigenvalue weighted by molar-refractivity contribution is 0.281. The van der Waals surface area contributed by atoms with E-state index in [1.54, 1.807) is 0 Å². The van der Waals surface area contributed by atoms with Crippen LogP contribution in [0.25, 0.3) is 0 Å². The second-order valence-electron chi connectivity index (χ2n) is 4.96. The van der Waals surface area contributed by atoms with Gasteiger partial charge in [0.1, 0.15) is 0 Å².